The van der Waals surface area contributed by atoms with Crippen molar-refractivity contribution in [3.63, 3.8) is 0 Å². The van der Waals surface area contributed by atoms with E-state index in [1.807, 2.05) is 18.2 Å². The Kier molecular flexibility index (Phi) is 4.99. The fourth-order valence-corrected chi connectivity index (χ4v) is 1.81. The van der Waals surface area contributed by atoms with E-state index in [1.165, 1.54) is 13.2 Å². The summed E-state index contributed by atoms with van der Waals surface area (Å²) in [5.41, 5.74) is 1.70. The van der Waals surface area contributed by atoms with E-state index in [4.69, 9.17) is 14.7 Å². The van der Waals surface area contributed by atoms with Crippen molar-refractivity contribution in [2.75, 3.05) is 19.0 Å². The molecule has 4 nitrogen and oxygen atoms in total. The second-order valence-electron chi connectivity index (χ2n) is 4.29. The second-order valence-corrected chi connectivity index (χ2v) is 4.29. The number of ether oxygens (including phenoxy) is 2. The van der Waals surface area contributed by atoms with Gasteiger partial charge < -0.3 is 14.8 Å². The molecule has 108 valence electrons. The van der Waals surface area contributed by atoms with Crippen molar-refractivity contribution < 1.29 is 13.9 Å². The largest absolute Gasteiger partial charge is 0.494 e. The lowest BCUT2D eigenvalue weighted by atomic mass is 10.2. The predicted octanol–water partition coefficient (Wildman–Crippen LogP) is 3.35. The van der Waals surface area contributed by atoms with E-state index in [1.54, 1.807) is 24.3 Å². The third-order valence-corrected chi connectivity index (χ3v) is 2.87. The number of benzene rings is 2. The lowest BCUT2D eigenvalue weighted by Gasteiger charge is -2.09. The molecule has 0 saturated heterocycles. The van der Waals surface area contributed by atoms with Crippen molar-refractivity contribution >= 4 is 5.69 Å². The minimum atomic E-state index is -0.378. The molecule has 0 aliphatic heterocycles. The summed E-state index contributed by atoms with van der Waals surface area (Å²) in [6, 6.07) is 14.0. The lowest BCUT2D eigenvalue weighted by Crippen LogP contribution is -2.00. The van der Waals surface area contributed by atoms with E-state index in [0.717, 1.165) is 11.3 Å². The van der Waals surface area contributed by atoms with E-state index >= 15 is 0 Å². The second kappa shape index (κ2) is 7.15. The Labute approximate surface area is 122 Å². The standard InChI is InChI=1S/C16H15FN2O2/c1-20-16-7-2-12(10-15(16)17)11-19-13-3-5-14(6-4-13)21-9-8-18/h2-7,10,19H,9,11H2,1H3. The van der Waals surface area contributed by atoms with Gasteiger partial charge in [0.2, 0.25) is 0 Å². The van der Waals surface area contributed by atoms with Crippen molar-refractivity contribution in [2.45, 2.75) is 6.54 Å². The van der Waals surface area contributed by atoms with Crippen LogP contribution in [-0.4, -0.2) is 13.7 Å². The Bertz CT molecular complexity index is 636. The molecule has 0 unspecified atom stereocenters. The minimum Gasteiger partial charge on any atom is -0.494 e. The van der Waals surface area contributed by atoms with E-state index in [9.17, 15) is 4.39 Å². The van der Waals surface area contributed by atoms with E-state index < -0.39 is 0 Å². The zero-order chi connectivity index (χ0) is 15.1. The highest BCUT2D eigenvalue weighted by molar-refractivity contribution is 5.47. The summed E-state index contributed by atoms with van der Waals surface area (Å²) in [5.74, 6) is 0.493. The normalized spacial score (nSPS) is 9.76. The number of nitrogens with one attached hydrogen (secondary N) is 1. The highest BCUT2D eigenvalue weighted by atomic mass is 19.1. The Morgan fingerprint density at radius 3 is 2.57 bits per heavy atom. The Hall–Kier alpha value is -2.74. The number of rotatable bonds is 6. The first-order valence-electron chi connectivity index (χ1n) is 6.39. The summed E-state index contributed by atoms with van der Waals surface area (Å²) in [5, 5.41) is 11.6. The number of halogens is 1. The summed E-state index contributed by atoms with van der Waals surface area (Å²) in [6.45, 7) is 0.525. The molecular weight excluding hydrogens is 271 g/mol. The van der Waals surface area contributed by atoms with Gasteiger partial charge in [-0.25, -0.2) is 4.39 Å². The summed E-state index contributed by atoms with van der Waals surface area (Å²) < 4.78 is 23.6. The van der Waals surface area contributed by atoms with Gasteiger partial charge in [0, 0.05) is 12.2 Å². The molecule has 2 aromatic rings. The molecule has 0 heterocycles. The van der Waals surface area contributed by atoms with Gasteiger partial charge in [-0.05, 0) is 42.0 Å². The third kappa shape index (κ3) is 4.11. The number of hydrogen-bond donors (Lipinski definition) is 1. The average Bonchev–Trinajstić information content (AvgIpc) is 2.52. The van der Waals surface area contributed by atoms with Crippen LogP contribution in [-0.2, 0) is 6.54 Å². The van der Waals surface area contributed by atoms with Crippen molar-refractivity contribution in [3.05, 3.63) is 53.8 Å². The van der Waals surface area contributed by atoms with E-state index in [0.29, 0.717) is 12.3 Å². The van der Waals surface area contributed by atoms with Gasteiger partial charge in [-0.3, -0.25) is 0 Å². The van der Waals surface area contributed by atoms with Crippen LogP contribution in [0.25, 0.3) is 0 Å². The van der Waals surface area contributed by atoms with E-state index in [2.05, 4.69) is 5.32 Å². The van der Waals surface area contributed by atoms with Gasteiger partial charge in [0.15, 0.2) is 18.2 Å². The number of anilines is 1. The van der Waals surface area contributed by atoms with Crippen LogP contribution < -0.4 is 14.8 Å². The molecule has 0 bridgehead atoms. The van der Waals surface area contributed by atoms with Gasteiger partial charge in [-0.15, -0.1) is 0 Å². The maximum Gasteiger partial charge on any atom is 0.174 e. The molecule has 0 saturated carbocycles. The topological polar surface area (TPSA) is 54.3 Å². The molecule has 0 aliphatic rings. The monoisotopic (exact) mass is 286 g/mol. The summed E-state index contributed by atoms with van der Waals surface area (Å²) in [6.07, 6.45) is 0. The maximum absolute atomic E-state index is 13.6. The Morgan fingerprint density at radius 2 is 1.95 bits per heavy atom. The van der Waals surface area contributed by atoms with Crippen LogP contribution in [0.5, 0.6) is 11.5 Å². The molecule has 2 aromatic carbocycles. The highest BCUT2D eigenvalue weighted by Gasteiger charge is 2.03. The number of nitrogens with zero attached hydrogens (tertiary/aromatic N) is 1. The maximum atomic E-state index is 13.6. The van der Waals surface area contributed by atoms with Gasteiger partial charge in [0.1, 0.15) is 11.8 Å². The molecule has 0 spiro atoms. The molecule has 21 heavy (non-hydrogen) atoms. The highest BCUT2D eigenvalue weighted by Crippen LogP contribution is 2.19. The molecule has 0 fully saturated rings. The smallest absolute Gasteiger partial charge is 0.174 e. The number of methoxy groups -OCH3 is 1. The molecular formula is C16H15FN2O2. The van der Waals surface area contributed by atoms with Crippen LogP contribution in [0.2, 0.25) is 0 Å². The minimum absolute atomic E-state index is 0.0257. The first-order valence-corrected chi connectivity index (χ1v) is 6.39. The first-order chi connectivity index (χ1) is 10.2. The zero-order valence-electron chi connectivity index (χ0n) is 11.6. The lowest BCUT2D eigenvalue weighted by molar-refractivity contribution is 0.368. The van der Waals surface area contributed by atoms with Gasteiger partial charge in [0.05, 0.1) is 7.11 Å². The van der Waals surface area contributed by atoms with Crippen molar-refractivity contribution in [2.24, 2.45) is 0 Å². The third-order valence-electron chi connectivity index (χ3n) is 2.87. The van der Waals surface area contributed by atoms with Crippen LogP contribution in [0.15, 0.2) is 42.5 Å². The van der Waals surface area contributed by atoms with Crippen molar-refractivity contribution in [1.82, 2.24) is 0 Å². The van der Waals surface area contributed by atoms with Gasteiger partial charge in [-0.2, -0.15) is 5.26 Å². The summed E-state index contributed by atoms with van der Waals surface area (Å²) in [4.78, 5) is 0. The van der Waals surface area contributed by atoms with Gasteiger partial charge in [-0.1, -0.05) is 6.07 Å². The summed E-state index contributed by atoms with van der Waals surface area (Å²) in [7, 11) is 1.44. The van der Waals surface area contributed by atoms with Crippen LogP contribution in [0.4, 0.5) is 10.1 Å². The van der Waals surface area contributed by atoms with Crippen LogP contribution in [0.3, 0.4) is 0 Å². The van der Waals surface area contributed by atoms with Crippen LogP contribution in [0, 0.1) is 17.1 Å². The quantitative estimate of drug-likeness (QED) is 0.884. The molecule has 5 heteroatoms. The van der Waals surface area contributed by atoms with Crippen molar-refractivity contribution in [3.8, 4) is 17.6 Å². The number of hydrogen-bond acceptors (Lipinski definition) is 4. The molecule has 0 radical (unpaired) electrons. The predicted molar refractivity (Wildman–Crippen MR) is 77.8 cm³/mol. The molecule has 0 amide bonds. The molecule has 0 atom stereocenters. The summed E-state index contributed by atoms with van der Waals surface area (Å²) >= 11 is 0. The average molecular weight is 286 g/mol. The van der Waals surface area contributed by atoms with Crippen LogP contribution >= 0.6 is 0 Å². The zero-order valence-corrected chi connectivity index (χ0v) is 11.6. The van der Waals surface area contributed by atoms with Gasteiger partial charge >= 0.3 is 0 Å². The first kappa shape index (κ1) is 14.7. The van der Waals surface area contributed by atoms with Crippen LogP contribution in [0.1, 0.15) is 5.56 Å². The molecule has 0 aliphatic carbocycles. The Balaban J connectivity index is 1.93. The molecule has 1 N–H and O–H groups in total. The van der Waals surface area contributed by atoms with Gasteiger partial charge in [0.25, 0.3) is 0 Å². The molecule has 2 rings (SSSR count). The SMILES string of the molecule is COc1ccc(CNc2ccc(OCC#N)cc2)cc1F. The fourth-order valence-electron chi connectivity index (χ4n) is 1.81. The fraction of sp³-hybridized carbons (Fsp3) is 0.188. The van der Waals surface area contributed by atoms with Crippen molar-refractivity contribution in [1.29, 1.82) is 5.26 Å². The number of nitriles is 1. The molecule has 0 aromatic heterocycles. The van der Waals surface area contributed by atoms with E-state index in [-0.39, 0.29) is 18.2 Å². The Morgan fingerprint density at radius 1 is 1.19 bits per heavy atom.